The topological polar surface area (TPSA) is 0 Å². The van der Waals surface area contributed by atoms with Crippen molar-refractivity contribution in [3.05, 3.63) is 0 Å². The number of terminal acetylenes is 1. The minimum atomic E-state index is -1.00. The molecule has 0 nitrogen and oxygen atoms in total. The Kier molecular flexibility index (Phi) is 2.93. The summed E-state index contributed by atoms with van der Waals surface area (Å²) >= 11 is 0. The summed E-state index contributed by atoms with van der Waals surface area (Å²) in [6.07, 6.45) is 5.32. The van der Waals surface area contributed by atoms with Crippen LogP contribution in [-0.2, 0) is 0 Å². The van der Waals surface area contributed by atoms with Crippen LogP contribution in [0.15, 0.2) is 0 Å². The second-order valence-electron chi connectivity index (χ2n) is 4.51. The molecule has 0 aromatic carbocycles. The van der Waals surface area contributed by atoms with E-state index in [1.54, 1.807) is 0 Å². The second-order valence-corrected chi connectivity index (χ2v) is 21.7. The third-order valence-corrected chi connectivity index (χ3v) is 20.4. The Bertz CT molecular complexity index is 146. The Morgan fingerprint density at radius 1 is 1.10 bits per heavy atom. The normalized spacial score (nSPS) is 12.8. The Hall–Kier alpha value is -0.00623. The molecule has 0 aromatic rings. The maximum absolute atomic E-state index is 5.32. The van der Waals surface area contributed by atoms with E-state index < -0.39 is 15.2 Å². The van der Waals surface area contributed by atoms with Gasteiger partial charge in [0.15, 0.2) is 0 Å². The van der Waals surface area contributed by atoms with Crippen LogP contribution in [0.3, 0.4) is 0 Å². The summed E-state index contributed by atoms with van der Waals surface area (Å²) in [4.78, 5) is 0. The average Bonchev–Trinajstić information content (AvgIpc) is 1.61. The van der Waals surface area contributed by atoms with E-state index >= 15 is 0 Å². The average molecular weight is 170 g/mol. The van der Waals surface area contributed by atoms with Crippen LogP contribution in [0.25, 0.3) is 0 Å². The van der Waals surface area contributed by atoms with Crippen LogP contribution < -0.4 is 0 Å². The van der Waals surface area contributed by atoms with Gasteiger partial charge in [0.25, 0.3) is 0 Å². The summed E-state index contributed by atoms with van der Waals surface area (Å²) < 4.78 is 0. The molecule has 0 unspecified atom stereocenters. The van der Waals surface area contributed by atoms with Crippen LogP contribution in [0.1, 0.15) is 0 Å². The van der Waals surface area contributed by atoms with E-state index in [-0.39, 0.29) is 0 Å². The highest BCUT2D eigenvalue weighted by Crippen LogP contribution is 2.21. The molecule has 0 radical (unpaired) electrons. The van der Waals surface area contributed by atoms with Crippen molar-refractivity contribution < 1.29 is 0 Å². The van der Waals surface area contributed by atoms with Crippen LogP contribution >= 0.6 is 0 Å². The molecule has 2 heteroatoms. The number of hydrogen-bond acceptors (Lipinski definition) is 0. The monoisotopic (exact) mass is 170 g/mol. The smallest absolute Gasteiger partial charge is 0.0543 e. The fraction of sp³-hybridized carbons (Fsp3) is 0.750. The van der Waals surface area contributed by atoms with Crippen LogP contribution in [0, 0.1) is 12.3 Å². The van der Waals surface area contributed by atoms with Gasteiger partial charge in [-0.1, -0.05) is 32.7 Å². The molecule has 0 amide bonds. The van der Waals surface area contributed by atoms with Crippen molar-refractivity contribution in [2.45, 2.75) is 38.8 Å². The third-order valence-electron chi connectivity index (χ3n) is 2.57. The molecule has 0 aliphatic carbocycles. The lowest BCUT2D eigenvalue weighted by Crippen LogP contribution is -2.51. The van der Waals surface area contributed by atoms with Gasteiger partial charge in [-0.15, -0.1) is 12.3 Å². The van der Waals surface area contributed by atoms with Gasteiger partial charge in [0.05, 0.1) is 7.59 Å². The van der Waals surface area contributed by atoms with Crippen molar-refractivity contribution in [2.75, 3.05) is 0 Å². The Morgan fingerprint density at radius 2 is 1.50 bits per heavy atom. The van der Waals surface area contributed by atoms with E-state index in [9.17, 15) is 0 Å². The highest BCUT2D eigenvalue weighted by atomic mass is 29.3. The van der Waals surface area contributed by atoms with E-state index in [2.05, 4.69) is 38.7 Å². The molecule has 0 spiro atoms. The van der Waals surface area contributed by atoms with Gasteiger partial charge in [-0.25, -0.2) is 0 Å². The van der Waals surface area contributed by atoms with Gasteiger partial charge in [0.2, 0.25) is 0 Å². The largest absolute Gasteiger partial charge is 0.120 e. The van der Waals surface area contributed by atoms with Crippen LogP contribution in [0.5, 0.6) is 0 Å². The molecule has 0 heterocycles. The van der Waals surface area contributed by atoms with Gasteiger partial charge in [-0.2, -0.15) is 0 Å². The Labute approximate surface area is 66.8 Å². The summed E-state index contributed by atoms with van der Waals surface area (Å²) in [5, 5.41) is 0. The first-order valence-corrected chi connectivity index (χ1v) is 11.5. The van der Waals surface area contributed by atoms with Gasteiger partial charge >= 0.3 is 0 Å². The summed E-state index contributed by atoms with van der Waals surface area (Å²) in [6.45, 7) is 12.1. The highest BCUT2D eigenvalue weighted by molar-refractivity contribution is 7.40. The molecular weight excluding hydrogens is 152 g/mol. The van der Waals surface area contributed by atoms with Gasteiger partial charge < -0.3 is 0 Å². The molecule has 0 bridgehead atoms. The fourth-order valence-corrected chi connectivity index (χ4v) is 3.46. The first-order chi connectivity index (χ1) is 4.31. The van der Waals surface area contributed by atoms with Crippen molar-refractivity contribution in [2.24, 2.45) is 0 Å². The quantitative estimate of drug-likeness (QED) is 0.442. The lowest BCUT2D eigenvalue weighted by molar-refractivity contribution is 1.60. The Morgan fingerprint density at radius 3 is 1.60 bits per heavy atom. The van der Waals surface area contributed by atoms with Gasteiger partial charge in [0.1, 0.15) is 0 Å². The molecule has 10 heavy (non-hydrogen) atoms. The molecule has 0 rings (SSSR count). The lowest BCUT2D eigenvalue weighted by atomic mass is 10.8. The van der Waals surface area contributed by atoms with E-state index in [1.165, 1.54) is 0 Å². The summed E-state index contributed by atoms with van der Waals surface area (Å²) in [5.74, 6) is 2.81. The first-order valence-electron chi connectivity index (χ1n) is 3.75. The summed E-state index contributed by atoms with van der Waals surface area (Å²) in [6, 6.07) is 1.06. The molecule has 0 aromatic heterocycles. The second kappa shape index (κ2) is 2.93. The van der Waals surface area contributed by atoms with Gasteiger partial charge in [0, 0.05) is 13.6 Å². The van der Waals surface area contributed by atoms with Gasteiger partial charge in [-0.05, 0) is 0 Å². The SMILES string of the molecule is C#CC[Si](C)(C)[Si](C)(C)C. The van der Waals surface area contributed by atoms with Crippen molar-refractivity contribution in [3.63, 3.8) is 0 Å². The number of rotatable bonds is 2. The van der Waals surface area contributed by atoms with E-state index in [4.69, 9.17) is 6.42 Å². The van der Waals surface area contributed by atoms with E-state index in [1.807, 2.05) is 0 Å². The molecule has 0 aliphatic rings. The zero-order valence-corrected chi connectivity index (χ0v) is 9.78. The molecule has 0 aliphatic heterocycles. The molecule has 0 atom stereocenters. The Balaban J connectivity index is 4.28. The number of hydrogen-bond donors (Lipinski definition) is 0. The van der Waals surface area contributed by atoms with Gasteiger partial charge in [-0.3, -0.25) is 0 Å². The molecule has 0 fully saturated rings. The van der Waals surface area contributed by atoms with Crippen LogP contribution in [-0.4, -0.2) is 15.2 Å². The van der Waals surface area contributed by atoms with Crippen molar-refractivity contribution >= 4 is 15.2 Å². The standard InChI is InChI=1S/C8H18Si2/c1-7-8-10(5,6)9(2,3)4/h1H,8H2,2-6H3. The van der Waals surface area contributed by atoms with E-state index in [0.717, 1.165) is 6.04 Å². The minimum Gasteiger partial charge on any atom is -0.120 e. The molecule has 0 saturated heterocycles. The molecule has 0 N–H and O–H groups in total. The molecular formula is C8H18Si2. The van der Waals surface area contributed by atoms with Crippen molar-refractivity contribution in [1.82, 2.24) is 0 Å². The maximum Gasteiger partial charge on any atom is 0.0543 e. The predicted molar refractivity (Wildman–Crippen MR) is 54.5 cm³/mol. The zero-order valence-electron chi connectivity index (χ0n) is 7.78. The van der Waals surface area contributed by atoms with Crippen molar-refractivity contribution in [1.29, 1.82) is 0 Å². The molecule has 58 valence electrons. The van der Waals surface area contributed by atoms with Crippen LogP contribution in [0.2, 0.25) is 38.8 Å². The van der Waals surface area contributed by atoms with Crippen LogP contribution in [0.4, 0.5) is 0 Å². The summed E-state index contributed by atoms with van der Waals surface area (Å²) in [5.41, 5.74) is 0. The maximum atomic E-state index is 5.32. The van der Waals surface area contributed by atoms with E-state index in [0.29, 0.717) is 0 Å². The third kappa shape index (κ3) is 2.32. The minimum absolute atomic E-state index is 0.909. The fourth-order valence-electron chi connectivity index (χ4n) is 0.520. The predicted octanol–water partition coefficient (Wildman–Crippen LogP) is 2.74. The first kappa shape index (κ1) is 9.99. The lowest BCUT2D eigenvalue weighted by Gasteiger charge is -2.33. The summed E-state index contributed by atoms with van der Waals surface area (Å²) in [7, 11) is -1.91. The van der Waals surface area contributed by atoms with Crippen molar-refractivity contribution in [3.8, 4) is 12.3 Å². The zero-order chi connectivity index (χ0) is 8.41. The highest BCUT2D eigenvalue weighted by Gasteiger charge is 2.35. The molecule has 0 saturated carbocycles.